The van der Waals surface area contributed by atoms with Gasteiger partial charge in [0.05, 0.1) is 5.69 Å². The van der Waals surface area contributed by atoms with Crippen LogP contribution in [-0.2, 0) is 12.8 Å². The van der Waals surface area contributed by atoms with Crippen LogP contribution in [-0.4, -0.2) is 21.2 Å². The molecule has 0 spiro atoms. The molecule has 1 heterocycles. The fraction of sp³-hybridized carbons (Fsp3) is 0.167. The first-order valence-corrected chi connectivity index (χ1v) is 7.33. The van der Waals surface area contributed by atoms with E-state index in [1.807, 2.05) is 60.7 Å². The number of carbonyl (C=O) groups is 1. The highest BCUT2D eigenvalue weighted by atomic mass is 16.1. The maximum absolute atomic E-state index is 12.4. The number of carbonyl (C=O) groups excluding carboxylic acids is 1. The highest BCUT2D eigenvalue weighted by molar-refractivity contribution is 5.95. The quantitative estimate of drug-likeness (QED) is 0.709. The van der Waals surface area contributed by atoms with E-state index in [1.165, 1.54) is 0 Å². The highest BCUT2D eigenvalue weighted by Crippen LogP contribution is 2.13. The molecule has 2 aromatic carbocycles. The Kier molecular flexibility index (Phi) is 4.39. The van der Waals surface area contributed by atoms with Crippen molar-refractivity contribution in [2.24, 2.45) is 0 Å². The molecule has 0 bridgehead atoms. The predicted molar refractivity (Wildman–Crippen MR) is 84.7 cm³/mol. The van der Waals surface area contributed by atoms with Crippen molar-refractivity contribution in [2.75, 3.05) is 0 Å². The summed E-state index contributed by atoms with van der Waals surface area (Å²) in [5.41, 5.74) is 3.45. The molecular weight excluding hydrogens is 274 g/mol. The minimum Gasteiger partial charge on any atom is -0.292 e. The number of aromatic amines is 1. The van der Waals surface area contributed by atoms with Crippen molar-refractivity contribution in [1.82, 2.24) is 15.4 Å². The van der Waals surface area contributed by atoms with Gasteiger partial charge in [-0.05, 0) is 17.5 Å². The Balaban J connectivity index is 1.67. The Hall–Kier alpha value is -2.75. The van der Waals surface area contributed by atoms with E-state index in [9.17, 15) is 4.79 Å². The molecule has 0 saturated heterocycles. The molecule has 1 aromatic heterocycles. The molecule has 110 valence electrons. The fourth-order valence-corrected chi connectivity index (χ4v) is 2.41. The van der Waals surface area contributed by atoms with Crippen LogP contribution in [0.3, 0.4) is 0 Å². The molecule has 0 atom stereocenters. The number of rotatable bonds is 6. The number of nitrogens with zero attached hydrogens (tertiary/aromatic N) is 2. The van der Waals surface area contributed by atoms with Crippen LogP contribution in [0.25, 0.3) is 0 Å². The van der Waals surface area contributed by atoms with E-state index < -0.39 is 0 Å². The summed E-state index contributed by atoms with van der Waals surface area (Å²) in [7, 11) is 0. The number of benzene rings is 2. The summed E-state index contributed by atoms with van der Waals surface area (Å²) in [5.74, 6) is 0.0311. The lowest BCUT2D eigenvalue weighted by Crippen LogP contribution is -2.06. The van der Waals surface area contributed by atoms with Crippen LogP contribution < -0.4 is 0 Å². The normalized spacial score (nSPS) is 10.5. The van der Waals surface area contributed by atoms with Gasteiger partial charge in [-0.15, -0.1) is 0 Å². The van der Waals surface area contributed by atoms with Gasteiger partial charge in [0.1, 0.15) is 0 Å². The topological polar surface area (TPSA) is 58.6 Å². The van der Waals surface area contributed by atoms with Crippen LogP contribution in [0.5, 0.6) is 0 Å². The molecule has 22 heavy (non-hydrogen) atoms. The third-order valence-electron chi connectivity index (χ3n) is 3.58. The second-order valence-electron chi connectivity index (χ2n) is 5.19. The summed E-state index contributed by atoms with van der Waals surface area (Å²) in [6, 6.07) is 20.0. The molecule has 4 heteroatoms. The molecule has 0 aliphatic heterocycles. The van der Waals surface area contributed by atoms with E-state index in [0.717, 1.165) is 17.5 Å². The molecule has 0 aliphatic rings. The van der Waals surface area contributed by atoms with Crippen molar-refractivity contribution < 1.29 is 4.79 Å². The van der Waals surface area contributed by atoms with Gasteiger partial charge in [0.25, 0.3) is 0 Å². The Bertz CT molecular complexity index is 735. The Morgan fingerprint density at radius 3 is 2.18 bits per heavy atom. The van der Waals surface area contributed by atoms with Crippen LogP contribution in [0.1, 0.15) is 33.7 Å². The smallest absolute Gasteiger partial charge is 0.185 e. The summed E-state index contributed by atoms with van der Waals surface area (Å²) < 4.78 is 0. The van der Waals surface area contributed by atoms with Gasteiger partial charge in [-0.2, -0.15) is 15.4 Å². The molecule has 0 aliphatic carbocycles. The minimum atomic E-state index is 0.0311. The molecule has 3 aromatic rings. The van der Waals surface area contributed by atoms with Crippen molar-refractivity contribution >= 4 is 5.78 Å². The standard InChI is InChI=1S/C18H17N3O/c22-17(12-11-14-7-3-1-4-8-14)18-16(19-21-20-18)13-15-9-5-2-6-10-15/h1-10H,11-13H2,(H,19,20,21). The summed E-state index contributed by atoms with van der Waals surface area (Å²) in [6.45, 7) is 0. The van der Waals surface area contributed by atoms with E-state index in [2.05, 4.69) is 15.4 Å². The number of nitrogens with one attached hydrogen (secondary N) is 1. The zero-order chi connectivity index (χ0) is 15.2. The highest BCUT2D eigenvalue weighted by Gasteiger charge is 2.16. The molecule has 1 N–H and O–H groups in total. The van der Waals surface area contributed by atoms with Crippen LogP contribution in [0.4, 0.5) is 0 Å². The maximum Gasteiger partial charge on any atom is 0.185 e. The van der Waals surface area contributed by atoms with E-state index in [4.69, 9.17) is 0 Å². The maximum atomic E-state index is 12.4. The molecular formula is C18H17N3O. The number of ketones is 1. The number of Topliss-reactive ketones (excluding diaryl/α,β-unsaturated/α-hetero) is 1. The van der Waals surface area contributed by atoms with Gasteiger partial charge in [-0.1, -0.05) is 60.7 Å². The second-order valence-corrected chi connectivity index (χ2v) is 5.19. The van der Waals surface area contributed by atoms with Crippen molar-refractivity contribution in [1.29, 1.82) is 0 Å². The minimum absolute atomic E-state index is 0.0311. The molecule has 0 unspecified atom stereocenters. The first kappa shape index (κ1) is 14.2. The summed E-state index contributed by atoms with van der Waals surface area (Å²) in [6.07, 6.45) is 1.78. The zero-order valence-electron chi connectivity index (χ0n) is 12.2. The first-order valence-electron chi connectivity index (χ1n) is 7.33. The van der Waals surface area contributed by atoms with Crippen LogP contribution >= 0.6 is 0 Å². The van der Waals surface area contributed by atoms with Gasteiger partial charge in [-0.25, -0.2) is 0 Å². The van der Waals surface area contributed by atoms with Crippen LogP contribution in [0, 0.1) is 0 Å². The number of aromatic nitrogens is 3. The Morgan fingerprint density at radius 1 is 0.864 bits per heavy atom. The third-order valence-corrected chi connectivity index (χ3v) is 3.58. The molecule has 0 radical (unpaired) electrons. The molecule has 3 rings (SSSR count). The molecule has 0 amide bonds. The largest absolute Gasteiger partial charge is 0.292 e. The lowest BCUT2D eigenvalue weighted by atomic mass is 10.0. The van der Waals surface area contributed by atoms with E-state index in [0.29, 0.717) is 24.2 Å². The predicted octanol–water partition coefficient (Wildman–Crippen LogP) is 3.21. The van der Waals surface area contributed by atoms with Gasteiger partial charge in [0, 0.05) is 12.8 Å². The lowest BCUT2D eigenvalue weighted by molar-refractivity contribution is 0.0977. The Labute approximate surface area is 129 Å². The monoisotopic (exact) mass is 291 g/mol. The molecule has 4 nitrogen and oxygen atoms in total. The van der Waals surface area contributed by atoms with Crippen LogP contribution in [0.2, 0.25) is 0 Å². The Morgan fingerprint density at radius 2 is 1.50 bits per heavy atom. The van der Waals surface area contributed by atoms with Gasteiger partial charge >= 0.3 is 0 Å². The number of H-pyrrole nitrogens is 1. The van der Waals surface area contributed by atoms with Crippen LogP contribution in [0.15, 0.2) is 60.7 Å². The van der Waals surface area contributed by atoms with E-state index in [1.54, 1.807) is 0 Å². The van der Waals surface area contributed by atoms with Crippen molar-refractivity contribution in [2.45, 2.75) is 19.3 Å². The number of hydrogen-bond acceptors (Lipinski definition) is 3. The number of hydrogen-bond donors (Lipinski definition) is 1. The van der Waals surface area contributed by atoms with Crippen molar-refractivity contribution in [3.05, 3.63) is 83.2 Å². The fourth-order valence-electron chi connectivity index (χ4n) is 2.41. The van der Waals surface area contributed by atoms with E-state index in [-0.39, 0.29) is 5.78 Å². The van der Waals surface area contributed by atoms with Gasteiger partial charge in [0.15, 0.2) is 11.5 Å². The second kappa shape index (κ2) is 6.80. The first-order chi connectivity index (χ1) is 10.8. The SMILES string of the molecule is O=C(CCc1ccccc1)c1n[nH]nc1Cc1ccccc1. The molecule has 0 fully saturated rings. The van der Waals surface area contributed by atoms with Gasteiger partial charge in [-0.3, -0.25) is 4.79 Å². The average Bonchev–Trinajstić information content (AvgIpc) is 3.03. The van der Waals surface area contributed by atoms with Crippen molar-refractivity contribution in [3.63, 3.8) is 0 Å². The summed E-state index contributed by atoms with van der Waals surface area (Å²) in [5, 5.41) is 10.7. The van der Waals surface area contributed by atoms with Gasteiger partial charge in [0.2, 0.25) is 0 Å². The molecule has 0 saturated carbocycles. The van der Waals surface area contributed by atoms with Gasteiger partial charge < -0.3 is 0 Å². The lowest BCUT2D eigenvalue weighted by Gasteiger charge is -2.02. The van der Waals surface area contributed by atoms with E-state index >= 15 is 0 Å². The summed E-state index contributed by atoms with van der Waals surface area (Å²) >= 11 is 0. The number of aryl methyl sites for hydroxylation is 1. The zero-order valence-corrected chi connectivity index (χ0v) is 12.2. The summed E-state index contributed by atoms with van der Waals surface area (Å²) in [4.78, 5) is 12.4. The van der Waals surface area contributed by atoms with Crippen molar-refractivity contribution in [3.8, 4) is 0 Å². The average molecular weight is 291 g/mol. The third kappa shape index (κ3) is 3.47.